The number of amides is 2. The molecule has 1 aromatic carbocycles. The molecular weight excluding hydrogens is 324 g/mol. The van der Waals surface area contributed by atoms with E-state index in [-0.39, 0.29) is 11.8 Å². The molecule has 0 bridgehead atoms. The predicted molar refractivity (Wildman–Crippen MR) is 95.5 cm³/mol. The zero-order valence-corrected chi connectivity index (χ0v) is 14.7. The van der Waals surface area contributed by atoms with Crippen LogP contribution in [0.3, 0.4) is 0 Å². The largest absolute Gasteiger partial charge is 0.343 e. The Morgan fingerprint density at radius 2 is 1.62 bits per heavy atom. The number of carbonyl (C=O) groups is 2. The average molecular weight is 347 g/mol. The van der Waals surface area contributed by atoms with Gasteiger partial charge in [0.2, 0.25) is 11.8 Å². The lowest BCUT2D eigenvalue weighted by molar-refractivity contribution is -0.129. The van der Waals surface area contributed by atoms with Crippen molar-refractivity contribution in [1.29, 1.82) is 0 Å². The van der Waals surface area contributed by atoms with Gasteiger partial charge in [-0.2, -0.15) is 0 Å². The second-order valence-electron chi connectivity index (χ2n) is 6.73. The normalized spacial score (nSPS) is 24.1. The standard InChI is InChI=1S/C19H23ClN2O2/c1-14(23)21-10-8-16-12-22(13-17(16)9-11-21)19(24)7-4-15-2-5-18(20)6-3-15/h2-7,16-17H,8-13H2,1H3/b7-4+/t16-,17+. The number of benzene rings is 1. The quantitative estimate of drug-likeness (QED) is 0.772. The highest BCUT2D eigenvalue weighted by molar-refractivity contribution is 6.30. The number of hydrogen-bond acceptors (Lipinski definition) is 2. The molecule has 1 aromatic rings. The monoisotopic (exact) mass is 346 g/mol. The summed E-state index contributed by atoms with van der Waals surface area (Å²) in [5.41, 5.74) is 0.971. The highest BCUT2D eigenvalue weighted by Crippen LogP contribution is 2.32. The fourth-order valence-electron chi connectivity index (χ4n) is 3.69. The second kappa shape index (κ2) is 7.39. The van der Waals surface area contributed by atoms with E-state index in [0.29, 0.717) is 16.9 Å². The fourth-order valence-corrected chi connectivity index (χ4v) is 3.82. The molecule has 0 spiro atoms. The molecule has 0 aliphatic carbocycles. The molecule has 2 aliphatic rings. The zero-order chi connectivity index (χ0) is 17.1. The molecule has 24 heavy (non-hydrogen) atoms. The highest BCUT2D eigenvalue weighted by atomic mass is 35.5. The van der Waals surface area contributed by atoms with E-state index >= 15 is 0 Å². The van der Waals surface area contributed by atoms with Crippen molar-refractivity contribution in [3.05, 3.63) is 40.9 Å². The summed E-state index contributed by atoms with van der Waals surface area (Å²) in [5, 5.41) is 0.692. The summed E-state index contributed by atoms with van der Waals surface area (Å²) in [7, 11) is 0. The van der Waals surface area contributed by atoms with Crippen molar-refractivity contribution in [2.75, 3.05) is 26.2 Å². The van der Waals surface area contributed by atoms with E-state index in [0.717, 1.165) is 44.6 Å². The van der Waals surface area contributed by atoms with Crippen LogP contribution in [0.15, 0.2) is 30.3 Å². The summed E-state index contributed by atoms with van der Waals surface area (Å²) in [6, 6.07) is 7.44. The van der Waals surface area contributed by atoms with E-state index in [4.69, 9.17) is 11.6 Å². The number of hydrogen-bond donors (Lipinski definition) is 0. The first-order chi connectivity index (χ1) is 11.5. The molecule has 4 nitrogen and oxygen atoms in total. The Bertz CT molecular complexity index is 625. The number of halogens is 1. The molecular formula is C19H23ClN2O2. The number of nitrogens with zero attached hydrogens (tertiary/aromatic N) is 2. The molecule has 5 heteroatoms. The molecule has 128 valence electrons. The van der Waals surface area contributed by atoms with Crippen molar-refractivity contribution in [2.45, 2.75) is 19.8 Å². The smallest absolute Gasteiger partial charge is 0.246 e. The predicted octanol–water partition coefficient (Wildman–Crippen LogP) is 3.07. The summed E-state index contributed by atoms with van der Waals surface area (Å²) in [6.45, 7) is 4.89. The van der Waals surface area contributed by atoms with Gasteiger partial charge in [-0.25, -0.2) is 0 Å². The lowest BCUT2D eigenvalue weighted by Gasteiger charge is -2.20. The van der Waals surface area contributed by atoms with Crippen molar-refractivity contribution in [3.8, 4) is 0 Å². The van der Waals surface area contributed by atoms with Crippen LogP contribution in [0.2, 0.25) is 5.02 Å². The molecule has 0 radical (unpaired) electrons. The summed E-state index contributed by atoms with van der Waals surface area (Å²) < 4.78 is 0. The number of fused-ring (bicyclic) bond motifs is 1. The zero-order valence-electron chi connectivity index (χ0n) is 14.0. The van der Waals surface area contributed by atoms with Crippen LogP contribution in [0.5, 0.6) is 0 Å². The molecule has 2 fully saturated rings. The van der Waals surface area contributed by atoms with Gasteiger partial charge >= 0.3 is 0 Å². The third-order valence-electron chi connectivity index (χ3n) is 5.16. The van der Waals surface area contributed by atoms with Crippen LogP contribution in [0.25, 0.3) is 6.08 Å². The summed E-state index contributed by atoms with van der Waals surface area (Å²) in [4.78, 5) is 27.8. The summed E-state index contributed by atoms with van der Waals surface area (Å²) in [5.74, 6) is 1.26. The van der Waals surface area contributed by atoms with Crippen molar-refractivity contribution >= 4 is 29.5 Å². The average Bonchev–Trinajstić information content (AvgIpc) is 2.87. The Labute approximate surface area is 148 Å². The minimum atomic E-state index is 0.0708. The molecule has 0 aromatic heterocycles. The maximum absolute atomic E-state index is 12.4. The molecule has 0 saturated carbocycles. The van der Waals surface area contributed by atoms with Gasteiger partial charge in [0, 0.05) is 44.2 Å². The van der Waals surface area contributed by atoms with Crippen molar-refractivity contribution < 1.29 is 9.59 Å². The third kappa shape index (κ3) is 3.99. The van der Waals surface area contributed by atoms with Crippen LogP contribution in [0.4, 0.5) is 0 Å². The van der Waals surface area contributed by atoms with Gasteiger partial charge in [-0.15, -0.1) is 0 Å². The van der Waals surface area contributed by atoms with E-state index in [9.17, 15) is 9.59 Å². The Morgan fingerprint density at radius 1 is 1.04 bits per heavy atom. The molecule has 2 aliphatic heterocycles. The van der Waals surface area contributed by atoms with Crippen LogP contribution in [0.1, 0.15) is 25.3 Å². The van der Waals surface area contributed by atoms with Gasteiger partial charge in [-0.3, -0.25) is 9.59 Å². The molecule has 2 saturated heterocycles. The maximum Gasteiger partial charge on any atom is 0.246 e. The molecule has 3 rings (SSSR count). The van der Waals surface area contributed by atoms with Crippen LogP contribution in [0, 0.1) is 11.8 Å². The van der Waals surface area contributed by atoms with Gasteiger partial charge in [0.25, 0.3) is 0 Å². The number of rotatable bonds is 2. The summed E-state index contributed by atoms with van der Waals surface area (Å²) >= 11 is 5.87. The van der Waals surface area contributed by atoms with Gasteiger partial charge in [0.15, 0.2) is 0 Å². The van der Waals surface area contributed by atoms with E-state index in [1.807, 2.05) is 40.1 Å². The minimum Gasteiger partial charge on any atom is -0.343 e. The Hall–Kier alpha value is -1.81. The minimum absolute atomic E-state index is 0.0708. The van der Waals surface area contributed by atoms with E-state index in [1.165, 1.54) is 0 Å². The van der Waals surface area contributed by atoms with Crippen molar-refractivity contribution in [2.24, 2.45) is 11.8 Å². The summed E-state index contributed by atoms with van der Waals surface area (Å²) in [6.07, 6.45) is 5.48. The third-order valence-corrected chi connectivity index (χ3v) is 5.41. The van der Waals surface area contributed by atoms with Gasteiger partial charge < -0.3 is 9.80 Å². The molecule has 2 heterocycles. The first kappa shape index (κ1) is 17.0. The van der Waals surface area contributed by atoms with Crippen LogP contribution < -0.4 is 0 Å². The maximum atomic E-state index is 12.4. The number of carbonyl (C=O) groups excluding carboxylic acids is 2. The van der Waals surface area contributed by atoms with Crippen molar-refractivity contribution in [1.82, 2.24) is 9.80 Å². The first-order valence-corrected chi connectivity index (χ1v) is 8.89. The van der Waals surface area contributed by atoms with Crippen LogP contribution in [-0.2, 0) is 9.59 Å². The molecule has 2 atom stereocenters. The van der Waals surface area contributed by atoms with Gasteiger partial charge in [0.05, 0.1) is 0 Å². The lowest BCUT2D eigenvalue weighted by atomic mass is 9.92. The van der Waals surface area contributed by atoms with E-state index in [2.05, 4.69) is 0 Å². The van der Waals surface area contributed by atoms with E-state index < -0.39 is 0 Å². The Morgan fingerprint density at radius 3 is 2.17 bits per heavy atom. The van der Waals surface area contributed by atoms with Crippen LogP contribution >= 0.6 is 11.6 Å². The highest BCUT2D eigenvalue weighted by Gasteiger charge is 2.36. The van der Waals surface area contributed by atoms with Crippen LogP contribution in [-0.4, -0.2) is 47.8 Å². The Kier molecular flexibility index (Phi) is 5.24. The lowest BCUT2D eigenvalue weighted by Crippen LogP contribution is -2.32. The Balaban J connectivity index is 1.57. The first-order valence-electron chi connectivity index (χ1n) is 8.51. The molecule has 0 unspecified atom stereocenters. The SMILES string of the molecule is CC(=O)N1CC[C@@H]2CN(C(=O)/C=C/c3ccc(Cl)cc3)C[C@@H]2CC1. The second-order valence-corrected chi connectivity index (χ2v) is 7.17. The van der Waals surface area contributed by atoms with Crippen molar-refractivity contribution in [3.63, 3.8) is 0 Å². The fraction of sp³-hybridized carbons (Fsp3) is 0.474. The van der Waals surface area contributed by atoms with Gasteiger partial charge in [-0.1, -0.05) is 23.7 Å². The molecule has 0 N–H and O–H groups in total. The van der Waals surface area contributed by atoms with Gasteiger partial charge in [-0.05, 0) is 48.4 Å². The van der Waals surface area contributed by atoms with Gasteiger partial charge in [0.1, 0.15) is 0 Å². The number of likely N-dealkylation sites (tertiary alicyclic amines) is 2. The van der Waals surface area contributed by atoms with E-state index in [1.54, 1.807) is 13.0 Å². The molecule has 2 amide bonds. The topological polar surface area (TPSA) is 40.6 Å².